The molecule has 12 nitrogen and oxygen atoms in total. The lowest BCUT2D eigenvalue weighted by Crippen LogP contribution is -2.58. The van der Waals surface area contributed by atoms with E-state index in [4.69, 9.17) is 15.2 Å². The zero-order chi connectivity index (χ0) is 32.7. The molecule has 1 aliphatic heterocycles. The molecule has 1 fully saturated rings. The second-order valence-electron chi connectivity index (χ2n) is 12.1. The fraction of sp³-hybridized carbons (Fsp3) is 0.469. The van der Waals surface area contributed by atoms with Crippen LogP contribution in [0.4, 0.5) is 0 Å². The highest BCUT2D eigenvalue weighted by Gasteiger charge is 2.44. The van der Waals surface area contributed by atoms with E-state index in [1.54, 1.807) is 23.5 Å². The quantitative estimate of drug-likeness (QED) is 0.233. The Morgan fingerprint density at radius 2 is 1.84 bits per heavy atom. The molecule has 0 aliphatic carbocycles. The first-order valence-corrected chi connectivity index (χ1v) is 15.8. The van der Waals surface area contributed by atoms with Crippen LogP contribution in [0.1, 0.15) is 51.4 Å². The lowest BCUT2D eigenvalue weighted by molar-refractivity contribution is -0.144. The van der Waals surface area contributed by atoms with Gasteiger partial charge in [0.1, 0.15) is 24.4 Å². The molecule has 242 valence electrons. The smallest absolute Gasteiger partial charge is 0.258 e. The van der Waals surface area contributed by atoms with Crippen LogP contribution in [0.3, 0.4) is 0 Å². The number of nitrogens with two attached hydrogens (primary N) is 1. The van der Waals surface area contributed by atoms with Gasteiger partial charge in [-0.25, -0.2) is 9.97 Å². The Balaban J connectivity index is 1.38. The number of thiazole rings is 1. The number of nitrogens with zero attached hydrogens (tertiary/aromatic N) is 3. The zero-order valence-electron chi connectivity index (χ0n) is 26.3. The molecular formula is C32H42N6O6S. The Morgan fingerprint density at radius 1 is 1.11 bits per heavy atom. The van der Waals surface area contributed by atoms with Gasteiger partial charge in [-0.05, 0) is 36.5 Å². The fourth-order valence-electron chi connectivity index (χ4n) is 5.07. The first kappa shape index (κ1) is 33.8. The van der Waals surface area contributed by atoms with E-state index in [0.29, 0.717) is 24.8 Å². The van der Waals surface area contributed by atoms with E-state index in [2.05, 4.69) is 20.6 Å². The summed E-state index contributed by atoms with van der Waals surface area (Å²) in [5, 5.41) is 16.3. The van der Waals surface area contributed by atoms with Crippen molar-refractivity contribution in [3.8, 4) is 22.1 Å². The van der Waals surface area contributed by atoms with Gasteiger partial charge in [0.05, 0.1) is 34.4 Å². The number of carbonyl (C=O) groups is 3. The van der Waals surface area contributed by atoms with Crippen molar-refractivity contribution in [2.75, 3.05) is 26.3 Å². The molecule has 2 aromatic heterocycles. The lowest BCUT2D eigenvalue weighted by Gasteiger charge is -2.35. The molecule has 5 N–H and O–H groups in total. The van der Waals surface area contributed by atoms with Crippen molar-refractivity contribution in [1.82, 2.24) is 25.5 Å². The Hall–Kier alpha value is -4.07. The summed E-state index contributed by atoms with van der Waals surface area (Å²) in [5.74, 6) is -0.601. The first-order valence-electron chi connectivity index (χ1n) is 14.9. The average molecular weight is 639 g/mol. The minimum atomic E-state index is -0.973. The summed E-state index contributed by atoms with van der Waals surface area (Å²) < 4.78 is 10.9. The SMILES string of the molecule is Cc1ncsc1-c1ccc([C@H](C)NC(=O)[C@@H]2C[C@@H](O)CN2C(=O)[C@@H](NC(=O)COc2ccc(OCCN)nc2)C(C)(C)C)cc1. The molecule has 3 aromatic rings. The number of hydrogen-bond acceptors (Lipinski definition) is 10. The highest BCUT2D eigenvalue weighted by molar-refractivity contribution is 7.13. The second-order valence-corrected chi connectivity index (χ2v) is 13.0. The molecule has 0 radical (unpaired) electrons. The molecule has 1 aliphatic rings. The molecule has 1 aromatic carbocycles. The number of rotatable bonds is 12. The topological polar surface area (TPSA) is 169 Å². The Kier molecular flexibility index (Phi) is 11.1. The highest BCUT2D eigenvalue weighted by Crippen LogP contribution is 2.29. The van der Waals surface area contributed by atoms with Crippen LogP contribution < -0.4 is 25.8 Å². The Labute approximate surface area is 267 Å². The van der Waals surface area contributed by atoms with Gasteiger partial charge in [0.25, 0.3) is 5.91 Å². The number of aliphatic hydroxyl groups is 1. The molecule has 13 heteroatoms. The Bertz CT molecular complexity index is 1460. The number of ether oxygens (including phenoxy) is 2. The van der Waals surface area contributed by atoms with Crippen LogP contribution >= 0.6 is 11.3 Å². The third kappa shape index (κ3) is 8.77. The monoisotopic (exact) mass is 638 g/mol. The highest BCUT2D eigenvalue weighted by atomic mass is 32.1. The van der Waals surface area contributed by atoms with Crippen LogP contribution in [0.15, 0.2) is 48.1 Å². The summed E-state index contributed by atoms with van der Waals surface area (Å²) in [5.41, 5.74) is 9.46. The summed E-state index contributed by atoms with van der Waals surface area (Å²) in [6.07, 6.45) is 0.656. The van der Waals surface area contributed by atoms with Gasteiger partial charge in [-0.2, -0.15) is 0 Å². The number of nitrogens with one attached hydrogen (secondary N) is 2. The number of aromatic nitrogens is 2. The van der Waals surface area contributed by atoms with Crippen molar-refractivity contribution in [1.29, 1.82) is 0 Å². The van der Waals surface area contributed by atoms with Crippen molar-refractivity contribution in [2.45, 2.75) is 65.3 Å². The van der Waals surface area contributed by atoms with Crippen molar-refractivity contribution >= 4 is 29.1 Å². The molecule has 3 amide bonds. The largest absolute Gasteiger partial charge is 0.482 e. The molecule has 0 bridgehead atoms. The number of aryl methyl sites for hydroxylation is 1. The maximum Gasteiger partial charge on any atom is 0.258 e. The maximum absolute atomic E-state index is 13.9. The number of benzene rings is 1. The van der Waals surface area contributed by atoms with Gasteiger partial charge in [-0.1, -0.05) is 45.0 Å². The van der Waals surface area contributed by atoms with Crippen molar-refractivity contribution < 1.29 is 29.0 Å². The van der Waals surface area contributed by atoms with Gasteiger partial charge in [0, 0.05) is 25.6 Å². The van der Waals surface area contributed by atoms with Crippen molar-refractivity contribution in [3.05, 3.63) is 59.4 Å². The standard InChI is InChI=1S/C32H42N6O6S/c1-19(21-6-8-22(9-7-21)28-20(2)35-18-45-28)36-30(41)25-14-23(39)16-38(25)31(42)29(32(3,4)5)37-26(40)17-44-24-10-11-27(34-15-24)43-13-12-33/h6-11,15,18-19,23,25,29,39H,12-14,16-17,33H2,1-5H3,(H,36,41)(H,37,40)/t19-,23+,25-,29+/m0/s1. The number of likely N-dealkylation sites (tertiary alicyclic amines) is 1. The lowest BCUT2D eigenvalue weighted by atomic mass is 9.85. The molecular weight excluding hydrogens is 596 g/mol. The van der Waals surface area contributed by atoms with Crippen molar-refractivity contribution in [2.24, 2.45) is 11.1 Å². The third-order valence-electron chi connectivity index (χ3n) is 7.51. The number of carbonyl (C=O) groups excluding carboxylic acids is 3. The molecule has 1 saturated heterocycles. The summed E-state index contributed by atoms with van der Waals surface area (Å²) >= 11 is 1.57. The number of pyridine rings is 1. The molecule has 0 saturated carbocycles. The summed E-state index contributed by atoms with van der Waals surface area (Å²) in [6.45, 7) is 9.62. The zero-order valence-corrected chi connectivity index (χ0v) is 27.1. The minimum absolute atomic E-state index is 0.0165. The average Bonchev–Trinajstić information content (AvgIpc) is 3.62. The van der Waals surface area contributed by atoms with E-state index >= 15 is 0 Å². The van der Waals surface area contributed by atoms with Gasteiger partial charge in [0.2, 0.25) is 17.7 Å². The normalized spacial score (nSPS) is 17.8. The summed E-state index contributed by atoms with van der Waals surface area (Å²) in [4.78, 5) is 51.1. The van der Waals surface area contributed by atoms with Gasteiger partial charge >= 0.3 is 0 Å². The predicted molar refractivity (Wildman–Crippen MR) is 171 cm³/mol. The molecule has 45 heavy (non-hydrogen) atoms. The van der Waals surface area contributed by atoms with Crippen LogP contribution in [0.5, 0.6) is 11.6 Å². The number of amides is 3. The third-order valence-corrected chi connectivity index (χ3v) is 8.48. The van der Waals surface area contributed by atoms with E-state index < -0.39 is 35.4 Å². The molecule has 0 spiro atoms. The van der Waals surface area contributed by atoms with E-state index in [1.165, 1.54) is 11.1 Å². The van der Waals surface area contributed by atoms with Crippen LogP contribution in [-0.4, -0.2) is 82.2 Å². The second kappa shape index (κ2) is 14.8. The number of aliphatic hydroxyl groups excluding tert-OH is 1. The van der Waals surface area contributed by atoms with Gasteiger partial charge in [-0.15, -0.1) is 11.3 Å². The van der Waals surface area contributed by atoms with Gasteiger partial charge < -0.3 is 35.8 Å². The molecule has 0 unspecified atom stereocenters. The van der Waals surface area contributed by atoms with Gasteiger partial charge in [0.15, 0.2) is 6.61 Å². The molecule has 4 rings (SSSR count). The molecule has 4 atom stereocenters. The number of hydrogen-bond donors (Lipinski definition) is 4. The Morgan fingerprint density at radius 3 is 2.44 bits per heavy atom. The summed E-state index contributed by atoms with van der Waals surface area (Å²) in [7, 11) is 0. The van der Waals surface area contributed by atoms with Gasteiger partial charge in [-0.3, -0.25) is 14.4 Å². The van der Waals surface area contributed by atoms with Crippen LogP contribution in [-0.2, 0) is 14.4 Å². The fourth-order valence-corrected chi connectivity index (χ4v) is 5.88. The van der Waals surface area contributed by atoms with Crippen LogP contribution in [0.2, 0.25) is 0 Å². The van der Waals surface area contributed by atoms with Crippen LogP contribution in [0.25, 0.3) is 10.4 Å². The summed E-state index contributed by atoms with van der Waals surface area (Å²) in [6, 6.07) is 8.93. The van der Waals surface area contributed by atoms with E-state index in [-0.39, 0.29) is 31.5 Å². The van der Waals surface area contributed by atoms with Crippen molar-refractivity contribution in [3.63, 3.8) is 0 Å². The predicted octanol–water partition coefficient (Wildman–Crippen LogP) is 2.60. The van der Waals surface area contributed by atoms with E-state index in [0.717, 1.165) is 21.7 Å². The van der Waals surface area contributed by atoms with E-state index in [9.17, 15) is 19.5 Å². The molecule has 3 heterocycles. The number of β-amino-alcohol motifs (C(OH)–C–C–N with tert-alkyl or cyclic N) is 1. The maximum atomic E-state index is 13.9. The first-order chi connectivity index (χ1) is 21.4. The van der Waals surface area contributed by atoms with Crippen LogP contribution in [0, 0.1) is 12.3 Å². The van der Waals surface area contributed by atoms with E-state index in [1.807, 2.05) is 64.4 Å². The minimum Gasteiger partial charge on any atom is -0.482 e.